The number of esters is 1. The van der Waals surface area contributed by atoms with Gasteiger partial charge in [0.1, 0.15) is 5.75 Å². The van der Waals surface area contributed by atoms with Crippen molar-refractivity contribution >= 4 is 32.8 Å². The van der Waals surface area contributed by atoms with Gasteiger partial charge in [0.15, 0.2) is 6.10 Å². The fourth-order valence-electron chi connectivity index (χ4n) is 4.00. The molecule has 2 heterocycles. The van der Waals surface area contributed by atoms with Crippen molar-refractivity contribution < 1.29 is 27.5 Å². The van der Waals surface area contributed by atoms with E-state index in [-0.39, 0.29) is 42.5 Å². The van der Waals surface area contributed by atoms with Crippen molar-refractivity contribution in [2.75, 3.05) is 33.3 Å². The van der Waals surface area contributed by atoms with Crippen molar-refractivity contribution in [3.8, 4) is 5.75 Å². The molecule has 0 N–H and O–H groups in total. The van der Waals surface area contributed by atoms with Crippen LogP contribution in [0.4, 0.5) is 0 Å². The summed E-state index contributed by atoms with van der Waals surface area (Å²) >= 11 is 0. The lowest BCUT2D eigenvalue weighted by atomic mass is 10.1. The molecule has 4 rings (SSSR count). The number of hydrogen-bond donors (Lipinski definition) is 0. The van der Waals surface area contributed by atoms with E-state index in [1.54, 1.807) is 68.6 Å². The third-order valence-corrected chi connectivity index (χ3v) is 7.91. The Morgan fingerprint density at radius 1 is 1.00 bits per heavy atom. The zero-order chi connectivity index (χ0) is 25.2. The molecule has 0 radical (unpaired) electrons. The normalized spacial score (nSPS) is 15.6. The topological polar surface area (TPSA) is 106 Å². The summed E-state index contributed by atoms with van der Waals surface area (Å²) in [6.45, 7) is 3.98. The van der Waals surface area contributed by atoms with Gasteiger partial charge in [-0.25, -0.2) is 13.2 Å². The average molecular weight is 498 g/mol. The van der Waals surface area contributed by atoms with E-state index in [4.69, 9.17) is 9.47 Å². The lowest BCUT2D eigenvalue weighted by Gasteiger charge is -2.35. The van der Waals surface area contributed by atoms with Crippen molar-refractivity contribution in [1.29, 1.82) is 0 Å². The smallest absolute Gasteiger partial charge is 0.340 e. The summed E-state index contributed by atoms with van der Waals surface area (Å²) < 4.78 is 37.6. The lowest BCUT2D eigenvalue weighted by molar-refractivity contribution is -0.141. The van der Waals surface area contributed by atoms with E-state index in [9.17, 15) is 18.0 Å². The van der Waals surface area contributed by atoms with Crippen LogP contribution in [0.15, 0.2) is 59.5 Å². The Balaban J connectivity index is 1.39. The number of benzene rings is 2. The number of sulfonamides is 1. The maximum absolute atomic E-state index is 12.9. The van der Waals surface area contributed by atoms with E-state index < -0.39 is 22.1 Å². The fourth-order valence-corrected chi connectivity index (χ4v) is 5.44. The van der Waals surface area contributed by atoms with Gasteiger partial charge in [0.2, 0.25) is 10.0 Å². The molecule has 1 aromatic heterocycles. The molecule has 2 aromatic carbocycles. The van der Waals surface area contributed by atoms with E-state index in [0.717, 1.165) is 5.39 Å². The average Bonchev–Trinajstić information content (AvgIpc) is 2.87. The number of methoxy groups -OCH3 is 1. The van der Waals surface area contributed by atoms with Crippen LogP contribution in [-0.4, -0.2) is 73.9 Å². The molecule has 1 amide bonds. The SMILES string of the molecule is COc1ccc2cc(C(=O)O[C@H](C)C(=O)N3CCN(S(=O)(=O)c4ccccc4)CC3)c(C)nc2c1. The number of carbonyl (C=O) groups excluding carboxylic acids is 2. The molecular weight excluding hydrogens is 470 g/mol. The van der Waals surface area contributed by atoms with E-state index in [2.05, 4.69) is 4.98 Å². The number of ether oxygens (including phenoxy) is 2. The molecule has 9 nitrogen and oxygen atoms in total. The molecule has 1 atom stereocenters. The van der Waals surface area contributed by atoms with Crippen molar-refractivity contribution in [2.45, 2.75) is 24.8 Å². The first-order valence-electron chi connectivity index (χ1n) is 11.2. The molecular formula is C25H27N3O6S. The molecule has 1 fully saturated rings. The molecule has 0 spiro atoms. The maximum Gasteiger partial charge on any atom is 0.340 e. The van der Waals surface area contributed by atoms with Crippen LogP contribution in [0.3, 0.4) is 0 Å². The van der Waals surface area contributed by atoms with Crippen molar-refractivity contribution in [3.05, 3.63) is 65.9 Å². The summed E-state index contributed by atoms with van der Waals surface area (Å²) in [5, 5.41) is 0.748. The van der Waals surface area contributed by atoms with E-state index in [1.807, 2.05) is 0 Å². The van der Waals surface area contributed by atoms with Crippen LogP contribution in [0, 0.1) is 6.92 Å². The Morgan fingerprint density at radius 3 is 2.34 bits per heavy atom. The number of fused-ring (bicyclic) bond motifs is 1. The largest absolute Gasteiger partial charge is 0.497 e. The van der Waals surface area contributed by atoms with E-state index in [0.29, 0.717) is 17.0 Å². The second kappa shape index (κ2) is 10.0. The molecule has 1 aliphatic heterocycles. The number of hydrogen-bond acceptors (Lipinski definition) is 7. The van der Waals surface area contributed by atoms with E-state index >= 15 is 0 Å². The van der Waals surface area contributed by atoms with Gasteiger partial charge in [-0.1, -0.05) is 18.2 Å². The van der Waals surface area contributed by atoms with Crippen LogP contribution in [0.1, 0.15) is 23.0 Å². The zero-order valence-corrected chi connectivity index (χ0v) is 20.6. The summed E-state index contributed by atoms with van der Waals surface area (Å²) in [6, 6.07) is 15.2. The quantitative estimate of drug-likeness (QED) is 0.482. The summed E-state index contributed by atoms with van der Waals surface area (Å²) in [7, 11) is -2.05. The molecule has 1 saturated heterocycles. The second-order valence-corrected chi connectivity index (χ2v) is 10.2. The van der Waals surface area contributed by atoms with Gasteiger partial charge in [0, 0.05) is 37.6 Å². The molecule has 0 unspecified atom stereocenters. The Hall–Kier alpha value is -3.50. The Bertz CT molecular complexity index is 1350. The number of rotatable bonds is 6. The number of pyridine rings is 1. The molecule has 0 aliphatic carbocycles. The molecule has 0 saturated carbocycles. The van der Waals surface area contributed by atoms with Crippen LogP contribution in [0.25, 0.3) is 10.9 Å². The molecule has 3 aromatic rings. The highest BCUT2D eigenvalue weighted by Gasteiger charge is 2.32. The highest BCUT2D eigenvalue weighted by molar-refractivity contribution is 7.89. The first kappa shape index (κ1) is 24.6. The predicted octanol–water partition coefficient (Wildman–Crippen LogP) is 2.63. The number of nitrogens with zero attached hydrogens (tertiary/aromatic N) is 3. The van der Waals surface area contributed by atoms with Crippen molar-refractivity contribution in [1.82, 2.24) is 14.2 Å². The van der Waals surface area contributed by atoms with Crippen LogP contribution in [0.2, 0.25) is 0 Å². The van der Waals surface area contributed by atoms with E-state index in [1.165, 1.54) is 16.1 Å². The van der Waals surface area contributed by atoms with Gasteiger partial charge in [0.05, 0.1) is 28.8 Å². The second-order valence-electron chi connectivity index (χ2n) is 8.27. The summed E-state index contributed by atoms with van der Waals surface area (Å²) in [5.74, 6) is -0.347. The van der Waals surface area contributed by atoms with Gasteiger partial charge < -0.3 is 14.4 Å². The molecule has 1 aliphatic rings. The maximum atomic E-state index is 12.9. The third-order valence-electron chi connectivity index (χ3n) is 6.00. The van der Waals surface area contributed by atoms with Crippen LogP contribution in [0.5, 0.6) is 5.75 Å². The zero-order valence-electron chi connectivity index (χ0n) is 19.8. The van der Waals surface area contributed by atoms with Crippen LogP contribution in [-0.2, 0) is 19.6 Å². The minimum absolute atomic E-state index is 0.167. The highest BCUT2D eigenvalue weighted by Crippen LogP contribution is 2.23. The van der Waals surface area contributed by atoms with Gasteiger partial charge in [0.25, 0.3) is 5.91 Å². The first-order chi connectivity index (χ1) is 16.7. The predicted molar refractivity (Wildman–Crippen MR) is 130 cm³/mol. The number of piperazine rings is 1. The molecule has 10 heteroatoms. The van der Waals surface area contributed by atoms with Crippen LogP contribution < -0.4 is 4.74 Å². The molecule has 0 bridgehead atoms. The standard InChI is InChI=1S/C25H27N3O6S/c1-17-22(15-19-9-10-20(33-3)16-23(19)26-17)25(30)34-18(2)24(29)27-11-13-28(14-12-27)35(31,32)21-7-5-4-6-8-21/h4-10,15-16,18H,11-14H2,1-3H3/t18-/m1/s1. The summed E-state index contributed by atoms with van der Waals surface area (Å²) in [6.07, 6.45) is -1.02. The Labute approximate surface area is 204 Å². The van der Waals surface area contributed by atoms with Gasteiger partial charge in [-0.05, 0) is 44.2 Å². The minimum Gasteiger partial charge on any atom is -0.497 e. The lowest BCUT2D eigenvalue weighted by Crippen LogP contribution is -2.52. The molecule has 184 valence electrons. The Morgan fingerprint density at radius 2 is 1.69 bits per heavy atom. The van der Waals surface area contributed by atoms with Gasteiger partial charge in [-0.2, -0.15) is 4.31 Å². The minimum atomic E-state index is -3.62. The summed E-state index contributed by atoms with van der Waals surface area (Å²) in [4.78, 5) is 31.9. The number of amides is 1. The number of aromatic nitrogens is 1. The van der Waals surface area contributed by atoms with Crippen LogP contribution >= 0.6 is 0 Å². The van der Waals surface area contributed by atoms with Gasteiger partial charge >= 0.3 is 5.97 Å². The third kappa shape index (κ3) is 5.13. The molecule has 35 heavy (non-hydrogen) atoms. The van der Waals surface area contributed by atoms with Gasteiger partial charge in [-0.15, -0.1) is 0 Å². The monoisotopic (exact) mass is 497 g/mol. The van der Waals surface area contributed by atoms with Gasteiger partial charge in [-0.3, -0.25) is 9.78 Å². The summed E-state index contributed by atoms with van der Waals surface area (Å²) in [5.41, 5.74) is 1.45. The highest BCUT2D eigenvalue weighted by atomic mass is 32.2. The number of carbonyl (C=O) groups is 2. The Kier molecular flexibility index (Phi) is 7.04. The first-order valence-corrected chi connectivity index (χ1v) is 12.6. The van der Waals surface area contributed by atoms with Crippen molar-refractivity contribution in [2.24, 2.45) is 0 Å². The van der Waals surface area contributed by atoms with Crippen molar-refractivity contribution in [3.63, 3.8) is 0 Å². The number of aryl methyl sites for hydroxylation is 1. The fraction of sp³-hybridized carbons (Fsp3) is 0.320.